The van der Waals surface area contributed by atoms with Crippen LogP contribution in [-0.4, -0.2) is 51.8 Å². The van der Waals surface area contributed by atoms with Crippen molar-refractivity contribution in [1.82, 2.24) is 10.6 Å². The van der Waals surface area contributed by atoms with E-state index in [-0.39, 0.29) is 17.9 Å². The van der Waals surface area contributed by atoms with E-state index >= 15 is 0 Å². The molecule has 0 radical (unpaired) electrons. The summed E-state index contributed by atoms with van der Waals surface area (Å²) in [5.41, 5.74) is 0. The lowest BCUT2D eigenvalue weighted by Gasteiger charge is -2.15. The van der Waals surface area contributed by atoms with Gasteiger partial charge in [0.15, 0.2) is 0 Å². The molecule has 0 bridgehead atoms. The smallest absolute Gasteiger partial charge is 0.323 e. The Morgan fingerprint density at radius 2 is 2.00 bits per heavy atom. The van der Waals surface area contributed by atoms with Crippen LogP contribution in [0.5, 0.6) is 0 Å². The van der Waals surface area contributed by atoms with Crippen molar-refractivity contribution < 1.29 is 19.1 Å². The first-order valence-electron chi connectivity index (χ1n) is 6.26. The molecule has 0 aromatic heterocycles. The molecule has 1 rings (SSSR count). The maximum Gasteiger partial charge on any atom is 0.323 e. The average molecular weight is 258 g/mol. The zero-order valence-electron chi connectivity index (χ0n) is 11.0. The first-order valence-corrected chi connectivity index (χ1v) is 6.26. The summed E-state index contributed by atoms with van der Waals surface area (Å²) in [6.07, 6.45) is 2.45. The normalized spacial score (nSPS) is 16.1. The van der Waals surface area contributed by atoms with E-state index in [1.54, 1.807) is 7.11 Å². The second kappa shape index (κ2) is 8.05. The minimum absolute atomic E-state index is 0.0426. The third kappa shape index (κ3) is 5.46. The van der Waals surface area contributed by atoms with E-state index in [1.165, 1.54) is 7.11 Å². The fourth-order valence-corrected chi connectivity index (χ4v) is 1.72. The first-order chi connectivity index (χ1) is 8.69. The predicted molar refractivity (Wildman–Crippen MR) is 66.0 cm³/mol. The quantitative estimate of drug-likeness (QED) is 0.438. The van der Waals surface area contributed by atoms with Gasteiger partial charge < -0.3 is 20.1 Å². The third-order valence-corrected chi connectivity index (χ3v) is 2.89. The van der Waals surface area contributed by atoms with E-state index in [2.05, 4.69) is 10.6 Å². The molecule has 18 heavy (non-hydrogen) atoms. The zero-order chi connectivity index (χ0) is 13.4. The minimum Gasteiger partial charge on any atom is -0.468 e. The van der Waals surface area contributed by atoms with Crippen LogP contribution in [0.1, 0.15) is 19.3 Å². The molecule has 0 aromatic rings. The van der Waals surface area contributed by atoms with E-state index in [0.717, 1.165) is 12.8 Å². The molecule has 0 aromatic carbocycles. The van der Waals surface area contributed by atoms with Crippen molar-refractivity contribution in [3.8, 4) is 0 Å². The topological polar surface area (TPSA) is 76.7 Å². The fraction of sp³-hybridized carbons (Fsp3) is 0.833. The molecule has 1 saturated carbocycles. The van der Waals surface area contributed by atoms with E-state index in [1.807, 2.05) is 0 Å². The van der Waals surface area contributed by atoms with Gasteiger partial charge in [0, 0.05) is 26.6 Å². The van der Waals surface area contributed by atoms with Crippen LogP contribution in [0.3, 0.4) is 0 Å². The molecule has 6 heteroatoms. The van der Waals surface area contributed by atoms with Gasteiger partial charge in [0.25, 0.3) is 0 Å². The van der Waals surface area contributed by atoms with Gasteiger partial charge in [-0.2, -0.15) is 0 Å². The van der Waals surface area contributed by atoms with Gasteiger partial charge in [-0.05, 0) is 18.8 Å². The number of carbonyl (C=O) groups excluding carboxylic acids is 2. The van der Waals surface area contributed by atoms with Crippen molar-refractivity contribution in [2.75, 3.05) is 33.9 Å². The van der Waals surface area contributed by atoms with Crippen LogP contribution in [0, 0.1) is 5.92 Å². The van der Waals surface area contributed by atoms with Crippen LogP contribution >= 0.6 is 0 Å². The van der Waals surface area contributed by atoms with Crippen molar-refractivity contribution in [3.05, 3.63) is 0 Å². The Morgan fingerprint density at radius 1 is 1.28 bits per heavy atom. The second-order valence-corrected chi connectivity index (χ2v) is 4.39. The number of hydrogen-bond acceptors (Lipinski definition) is 5. The van der Waals surface area contributed by atoms with E-state index in [4.69, 9.17) is 9.47 Å². The van der Waals surface area contributed by atoms with Crippen LogP contribution in [-0.2, 0) is 19.1 Å². The lowest BCUT2D eigenvalue weighted by molar-refractivity contribution is -0.143. The van der Waals surface area contributed by atoms with Crippen LogP contribution in [0.2, 0.25) is 0 Å². The molecule has 0 spiro atoms. The Hall–Kier alpha value is -1.14. The summed E-state index contributed by atoms with van der Waals surface area (Å²) in [6.45, 7) is 1.50. The SMILES string of the molecule is COCCNC(=O)CCNC(C(=O)OC)C1CC1. The number of rotatable bonds is 9. The predicted octanol–water partition coefficient (Wildman–Crippen LogP) is -0.320. The number of esters is 1. The van der Waals surface area contributed by atoms with E-state index in [0.29, 0.717) is 32.0 Å². The number of methoxy groups -OCH3 is 2. The summed E-state index contributed by atoms with van der Waals surface area (Å²) in [6, 6.07) is -0.262. The largest absolute Gasteiger partial charge is 0.468 e. The molecule has 1 unspecified atom stereocenters. The molecule has 0 aliphatic heterocycles. The van der Waals surface area contributed by atoms with Gasteiger partial charge in [-0.1, -0.05) is 0 Å². The van der Waals surface area contributed by atoms with Gasteiger partial charge in [0.05, 0.1) is 13.7 Å². The summed E-state index contributed by atoms with van der Waals surface area (Å²) in [5.74, 6) is 0.0882. The van der Waals surface area contributed by atoms with E-state index in [9.17, 15) is 9.59 Å². The highest BCUT2D eigenvalue weighted by atomic mass is 16.5. The van der Waals surface area contributed by atoms with Crippen molar-refractivity contribution in [2.45, 2.75) is 25.3 Å². The van der Waals surface area contributed by atoms with Crippen LogP contribution in [0.25, 0.3) is 0 Å². The zero-order valence-corrected chi connectivity index (χ0v) is 11.0. The molecule has 6 nitrogen and oxygen atoms in total. The molecule has 2 N–H and O–H groups in total. The van der Waals surface area contributed by atoms with Gasteiger partial charge in [0.2, 0.25) is 5.91 Å². The lowest BCUT2D eigenvalue weighted by Crippen LogP contribution is -2.41. The number of nitrogens with one attached hydrogen (secondary N) is 2. The van der Waals surface area contributed by atoms with Gasteiger partial charge in [-0.25, -0.2) is 0 Å². The monoisotopic (exact) mass is 258 g/mol. The molecule has 1 aliphatic carbocycles. The molecule has 0 saturated heterocycles. The molecule has 1 amide bonds. The van der Waals surface area contributed by atoms with Gasteiger partial charge in [-0.15, -0.1) is 0 Å². The highest BCUT2D eigenvalue weighted by Gasteiger charge is 2.36. The highest BCUT2D eigenvalue weighted by Crippen LogP contribution is 2.33. The Kier molecular flexibility index (Phi) is 6.67. The number of ether oxygens (including phenoxy) is 2. The second-order valence-electron chi connectivity index (χ2n) is 4.39. The standard InChI is InChI=1S/C12H22N2O4/c1-17-8-7-13-10(15)5-6-14-11(9-3-4-9)12(16)18-2/h9,11,14H,3-8H2,1-2H3,(H,13,15). The van der Waals surface area contributed by atoms with Gasteiger partial charge in [-0.3, -0.25) is 9.59 Å². The van der Waals surface area contributed by atoms with Crippen molar-refractivity contribution in [3.63, 3.8) is 0 Å². The highest BCUT2D eigenvalue weighted by molar-refractivity contribution is 5.77. The lowest BCUT2D eigenvalue weighted by atomic mass is 10.2. The number of carbonyl (C=O) groups is 2. The molecular formula is C12H22N2O4. The van der Waals surface area contributed by atoms with Crippen molar-refractivity contribution >= 4 is 11.9 Å². The molecule has 104 valence electrons. The Balaban J connectivity index is 2.14. The molecular weight excluding hydrogens is 236 g/mol. The summed E-state index contributed by atoms with van der Waals surface area (Å²) < 4.78 is 9.56. The maximum absolute atomic E-state index is 11.5. The Labute approximate surface area is 107 Å². The molecule has 0 heterocycles. The Morgan fingerprint density at radius 3 is 2.56 bits per heavy atom. The summed E-state index contributed by atoms with van der Waals surface area (Å²) >= 11 is 0. The van der Waals surface area contributed by atoms with Gasteiger partial charge in [0.1, 0.15) is 6.04 Å². The van der Waals surface area contributed by atoms with Crippen LogP contribution < -0.4 is 10.6 Å². The summed E-state index contributed by atoms with van der Waals surface area (Å²) in [7, 11) is 2.97. The molecule has 1 fully saturated rings. The summed E-state index contributed by atoms with van der Waals surface area (Å²) in [4.78, 5) is 22.9. The minimum atomic E-state index is -0.262. The van der Waals surface area contributed by atoms with Crippen molar-refractivity contribution in [1.29, 1.82) is 0 Å². The van der Waals surface area contributed by atoms with Crippen molar-refractivity contribution in [2.24, 2.45) is 5.92 Å². The fourth-order valence-electron chi connectivity index (χ4n) is 1.72. The van der Waals surface area contributed by atoms with Crippen LogP contribution in [0.4, 0.5) is 0 Å². The number of amides is 1. The average Bonchev–Trinajstić information content (AvgIpc) is 3.18. The third-order valence-electron chi connectivity index (χ3n) is 2.89. The van der Waals surface area contributed by atoms with Gasteiger partial charge >= 0.3 is 5.97 Å². The molecule has 1 atom stereocenters. The maximum atomic E-state index is 11.5. The van der Waals surface area contributed by atoms with E-state index < -0.39 is 0 Å². The van der Waals surface area contributed by atoms with Crippen LogP contribution in [0.15, 0.2) is 0 Å². The first kappa shape index (κ1) is 14.9. The summed E-state index contributed by atoms with van der Waals surface area (Å²) in [5, 5.41) is 5.81. The Bertz CT molecular complexity index is 279. The number of hydrogen-bond donors (Lipinski definition) is 2. The molecule has 1 aliphatic rings.